The number of carbonyl (C=O) groups excluding carboxylic acids is 2. The third kappa shape index (κ3) is 2.88. The molecule has 6 nitrogen and oxygen atoms in total. The fraction of sp³-hybridized carbons (Fsp3) is 0.158. The van der Waals surface area contributed by atoms with E-state index in [0.717, 1.165) is 4.90 Å². The molecule has 2 atom stereocenters. The minimum Gasteiger partial charge on any atom is -0.503 e. The Morgan fingerprint density at radius 1 is 1.08 bits per heavy atom. The number of methoxy groups -OCH3 is 1. The first-order valence-corrected chi connectivity index (χ1v) is 7.68. The van der Waals surface area contributed by atoms with Crippen LogP contribution in [0, 0.1) is 0 Å². The molecule has 0 saturated heterocycles. The van der Waals surface area contributed by atoms with Gasteiger partial charge in [0.25, 0.3) is 5.91 Å². The van der Waals surface area contributed by atoms with Crippen LogP contribution in [0.2, 0.25) is 0 Å². The highest BCUT2D eigenvalue weighted by atomic mass is 16.5. The van der Waals surface area contributed by atoms with Gasteiger partial charge in [0.2, 0.25) is 0 Å². The van der Waals surface area contributed by atoms with E-state index in [9.17, 15) is 19.8 Å². The van der Waals surface area contributed by atoms with E-state index in [2.05, 4.69) is 0 Å². The van der Waals surface area contributed by atoms with E-state index in [1.165, 1.54) is 7.11 Å². The second-order valence-corrected chi connectivity index (χ2v) is 5.56. The van der Waals surface area contributed by atoms with Crippen LogP contribution < -0.4 is 0 Å². The molecule has 2 N–H and O–H groups in total. The lowest BCUT2D eigenvalue weighted by Gasteiger charge is -2.31. The lowest BCUT2D eigenvalue weighted by atomic mass is 9.98. The quantitative estimate of drug-likeness (QED) is 0.834. The zero-order valence-electron chi connectivity index (χ0n) is 13.5. The van der Waals surface area contributed by atoms with Gasteiger partial charge in [0.15, 0.2) is 12.0 Å². The minimum atomic E-state index is -1.33. The molecular weight excluding hydrogens is 322 g/mol. The molecule has 1 aliphatic rings. The summed E-state index contributed by atoms with van der Waals surface area (Å²) in [6.45, 7) is 0. The molecule has 0 aromatic heterocycles. The smallest absolute Gasteiger partial charge is 0.340 e. The van der Waals surface area contributed by atoms with Crippen molar-refractivity contribution in [1.29, 1.82) is 0 Å². The molecule has 0 unspecified atom stereocenters. The van der Waals surface area contributed by atoms with Gasteiger partial charge in [0, 0.05) is 5.56 Å². The highest BCUT2D eigenvalue weighted by Gasteiger charge is 2.47. The summed E-state index contributed by atoms with van der Waals surface area (Å²) in [5, 5.41) is 21.0. The number of amides is 1. The zero-order valence-corrected chi connectivity index (χ0v) is 13.5. The number of rotatable bonds is 4. The Kier molecular flexibility index (Phi) is 4.54. The van der Waals surface area contributed by atoms with Crippen molar-refractivity contribution in [2.75, 3.05) is 7.11 Å². The van der Waals surface area contributed by atoms with Gasteiger partial charge in [-0.05, 0) is 5.56 Å². The number of ether oxygens (including phenoxy) is 1. The van der Waals surface area contributed by atoms with Crippen molar-refractivity contribution >= 4 is 11.9 Å². The van der Waals surface area contributed by atoms with E-state index in [4.69, 9.17) is 4.74 Å². The number of aliphatic hydroxyl groups is 2. The highest BCUT2D eigenvalue weighted by molar-refractivity contribution is 6.06. The van der Waals surface area contributed by atoms with Crippen LogP contribution in [0.4, 0.5) is 0 Å². The molecule has 25 heavy (non-hydrogen) atoms. The fourth-order valence-electron chi connectivity index (χ4n) is 2.94. The summed E-state index contributed by atoms with van der Waals surface area (Å²) in [5.41, 5.74) is 0.861. The Labute approximate surface area is 144 Å². The monoisotopic (exact) mass is 339 g/mol. The normalized spacial score (nSPS) is 18.4. The van der Waals surface area contributed by atoms with E-state index in [1.54, 1.807) is 60.7 Å². The van der Waals surface area contributed by atoms with Crippen molar-refractivity contribution in [3.05, 3.63) is 83.1 Å². The van der Waals surface area contributed by atoms with Gasteiger partial charge in [-0.15, -0.1) is 0 Å². The predicted octanol–water partition coefficient (Wildman–Crippen LogP) is 2.25. The number of hydrogen-bond donors (Lipinski definition) is 2. The van der Waals surface area contributed by atoms with Gasteiger partial charge < -0.3 is 14.9 Å². The largest absolute Gasteiger partial charge is 0.503 e. The lowest BCUT2D eigenvalue weighted by Crippen LogP contribution is -2.35. The van der Waals surface area contributed by atoms with E-state index >= 15 is 0 Å². The van der Waals surface area contributed by atoms with Crippen molar-refractivity contribution in [1.82, 2.24) is 4.90 Å². The van der Waals surface area contributed by atoms with Crippen molar-refractivity contribution in [2.24, 2.45) is 0 Å². The Hall–Kier alpha value is -3.12. The summed E-state index contributed by atoms with van der Waals surface area (Å²) in [4.78, 5) is 25.8. The Bertz CT molecular complexity index is 816. The van der Waals surface area contributed by atoms with Gasteiger partial charge in [-0.2, -0.15) is 0 Å². The maximum absolute atomic E-state index is 12.6. The molecule has 0 radical (unpaired) electrons. The Morgan fingerprint density at radius 3 is 2.20 bits per heavy atom. The topological polar surface area (TPSA) is 87.1 Å². The first-order valence-electron chi connectivity index (χ1n) is 7.68. The second kappa shape index (κ2) is 6.78. The summed E-state index contributed by atoms with van der Waals surface area (Å²) in [7, 11) is 1.17. The predicted molar refractivity (Wildman–Crippen MR) is 89.1 cm³/mol. The molecule has 6 heteroatoms. The molecule has 0 saturated carbocycles. The van der Waals surface area contributed by atoms with Crippen LogP contribution >= 0.6 is 0 Å². The molecule has 1 amide bonds. The number of carbonyl (C=O) groups is 2. The molecular formula is C19H17NO5. The second-order valence-electron chi connectivity index (χ2n) is 5.56. The van der Waals surface area contributed by atoms with Crippen molar-refractivity contribution in [3.63, 3.8) is 0 Å². The van der Waals surface area contributed by atoms with Gasteiger partial charge in [0.1, 0.15) is 5.57 Å². The van der Waals surface area contributed by atoms with Crippen LogP contribution in [0.15, 0.2) is 72.0 Å². The Balaban J connectivity index is 2.11. The average molecular weight is 339 g/mol. The van der Waals surface area contributed by atoms with Crippen LogP contribution in [0.25, 0.3) is 0 Å². The summed E-state index contributed by atoms with van der Waals surface area (Å²) in [6.07, 6.45) is -1.33. The van der Waals surface area contributed by atoms with Crippen LogP contribution in [-0.2, 0) is 14.3 Å². The number of aliphatic hydroxyl groups excluding tert-OH is 2. The molecule has 0 aliphatic carbocycles. The first-order chi connectivity index (χ1) is 12.1. The molecule has 0 fully saturated rings. The summed E-state index contributed by atoms with van der Waals surface area (Å²) in [6, 6.07) is 16.3. The van der Waals surface area contributed by atoms with E-state index < -0.39 is 29.9 Å². The van der Waals surface area contributed by atoms with Crippen LogP contribution in [0.1, 0.15) is 23.4 Å². The van der Waals surface area contributed by atoms with E-state index in [1.807, 2.05) is 0 Å². The van der Waals surface area contributed by atoms with E-state index in [-0.39, 0.29) is 5.57 Å². The molecule has 1 heterocycles. The average Bonchev–Trinajstić information content (AvgIpc) is 2.93. The maximum Gasteiger partial charge on any atom is 0.340 e. The number of benzene rings is 2. The summed E-state index contributed by atoms with van der Waals surface area (Å²) in [5.74, 6) is -2.36. The van der Waals surface area contributed by atoms with Crippen LogP contribution in [0.3, 0.4) is 0 Å². The molecule has 1 aliphatic heterocycles. The van der Waals surface area contributed by atoms with Gasteiger partial charge >= 0.3 is 5.97 Å². The van der Waals surface area contributed by atoms with Crippen LogP contribution in [-0.4, -0.2) is 34.1 Å². The molecule has 0 spiro atoms. The highest BCUT2D eigenvalue weighted by Crippen LogP contribution is 2.42. The number of hydrogen-bond acceptors (Lipinski definition) is 5. The molecule has 128 valence electrons. The SMILES string of the molecule is COC(=O)C1=C(O)C(=O)N([C@@H](O)c2ccccc2)[C@@H]1c1ccccc1. The maximum atomic E-state index is 12.6. The first kappa shape index (κ1) is 16.7. The van der Waals surface area contributed by atoms with Crippen molar-refractivity contribution < 1.29 is 24.5 Å². The fourth-order valence-corrected chi connectivity index (χ4v) is 2.94. The van der Waals surface area contributed by atoms with Crippen molar-refractivity contribution in [3.8, 4) is 0 Å². The summed E-state index contributed by atoms with van der Waals surface area (Å²) < 4.78 is 4.72. The van der Waals surface area contributed by atoms with Gasteiger partial charge in [0.05, 0.1) is 13.2 Å². The number of esters is 1. The standard InChI is InChI=1S/C19H17NO5/c1-25-19(24)14-15(12-8-4-2-5-9-12)20(18(23)16(14)21)17(22)13-10-6-3-7-11-13/h2-11,15,17,21-22H,1H3/t15-,17+/m1/s1. The van der Waals surface area contributed by atoms with Gasteiger partial charge in [-0.25, -0.2) is 4.79 Å². The molecule has 2 aromatic carbocycles. The third-order valence-electron chi connectivity index (χ3n) is 4.13. The minimum absolute atomic E-state index is 0.186. The van der Waals surface area contributed by atoms with Gasteiger partial charge in [-0.1, -0.05) is 60.7 Å². The molecule has 2 aromatic rings. The van der Waals surface area contributed by atoms with E-state index in [0.29, 0.717) is 11.1 Å². The zero-order chi connectivity index (χ0) is 18.0. The van der Waals surface area contributed by atoms with Crippen LogP contribution in [0.5, 0.6) is 0 Å². The third-order valence-corrected chi connectivity index (χ3v) is 4.13. The molecule has 3 rings (SSSR count). The lowest BCUT2D eigenvalue weighted by molar-refractivity contribution is -0.141. The summed E-state index contributed by atoms with van der Waals surface area (Å²) >= 11 is 0. The number of nitrogens with zero attached hydrogens (tertiary/aromatic N) is 1. The van der Waals surface area contributed by atoms with Crippen molar-refractivity contribution in [2.45, 2.75) is 12.3 Å². The molecule has 0 bridgehead atoms. The van der Waals surface area contributed by atoms with Gasteiger partial charge in [-0.3, -0.25) is 9.69 Å². The Morgan fingerprint density at radius 2 is 1.64 bits per heavy atom.